The van der Waals surface area contributed by atoms with Gasteiger partial charge in [0, 0.05) is 7.05 Å². The van der Waals surface area contributed by atoms with Crippen LogP contribution in [0.15, 0.2) is 5.10 Å². The van der Waals surface area contributed by atoms with Crippen molar-refractivity contribution in [2.45, 2.75) is 32.4 Å². The van der Waals surface area contributed by atoms with E-state index in [4.69, 9.17) is 5.26 Å². The number of hydrogen-bond donors (Lipinski definition) is 0. The first kappa shape index (κ1) is 8.85. The van der Waals surface area contributed by atoms with E-state index in [1.54, 1.807) is 11.2 Å². The summed E-state index contributed by atoms with van der Waals surface area (Å²) in [5.74, 6) is 0. The number of nitrogens with zero attached hydrogens (tertiary/aromatic N) is 4. The van der Waals surface area contributed by atoms with Crippen molar-refractivity contribution in [3.8, 4) is 6.19 Å². The summed E-state index contributed by atoms with van der Waals surface area (Å²) in [6.45, 7) is 2.15. The Kier molecular flexibility index (Phi) is 2.92. The molecule has 1 rings (SSSR count). The molecule has 0 aromatic heterocycles. The molecule has 0 aromatic carbocycles. The van der Waals surface area contributed by atoms with Crippen molar-refractivity contribution in [1.82, 2.24) is 9.91 Å². The second-order valence-electron chi connectivity index (χ2n) is 2.93. The molecule has 1 atom stereocenters. The zero-order valence-corrected chi connectivity index (χ0v) is 7.56. The van der Waals surface area contributed by atoms with E-state index in [9.17, 15) is 0 Å². The number of rotatable bonds is 3. The molecule has 0 saturated carbocycles. The molecule has 0 saturated heterocycles. The summed E-state index contributed by atoms with van der Waals surface area (Å²) in [5, 5.41) is 14.6. The van der Waals surface area contributed by atoms with Crippen LogP contribution in [-0.4, -0.2) is 29.5 Å². The summed E-state index contributed by atoms with van der Waals surface area (Å²) < 4.78 is 0. The van der Waals surface area contributed by atoms with Crippen LogP contribution in [0.5, 0.6) is 0 Å². The fourth-order valence-corrected chi connectivity index (χ4v) is 1.28. The molecule has 4 nitrogen and oxygen atoms in total. The van der Waals surface area contributed by atoms with E-state index in [0.29, 0.717) is 0 Å². The van der Waals surface area contributed by atoms with Gasteiger partial charge < -0.3 is 0 Å². The van der Waals surface area contributed by atoms with E-state index in [-0.39, 0.29) is 6.17 Å². The molecule has 0 aliphatic carbocycles. The molecule has 12 heavy (non-hydrogen) atoms. The fraction of sp³-hybridized carbons (Fsp3) is 0.750. The van der Waals surface area contributed by atoms with Crippen LogP contribution in [0.4, 0.5) is 0 Å². The number of nitriles is 1. The molecule has 1 unspecified atom stereocenters. The molecule has 1 heterocycles. The zero-order valence-electron chi connectivity index (χ0n) is 7.56. The molecule has 1 aliphatic rings. The van der Waals surface area contributed by atoms with Crippen molar-refractivity contribution in [3.63, 3.8) is 0 Å². The van der Waals surface area contributed by atoms with Crippen molar-refractivity contribution in [2.24, 2.45) is 5.10 Å². The first-order valence-corrected chi connectivity index (χ1v) is 4.24. The lowest BCUT2D eigenvalue weighted by atomic mass is 10.2. The highest BCUT2D eigenvalue weighted by Crippen LogP contribution is 2.14. The molecule has 0 fully saturated rings. The standard InChI is InChI=1S/C8H14N4/c1-3-4-5-8-11(2)10-7-12(8)6-9/h7-8H,3-5H2,1-2H3. The lowest BCUT2D eigenvalue weighted by molar-refractivity contribution is 0.184. The first-order valence-electron chi connectivity index (χ1n) is 4.24. The van der Waals surface area contributed by atoms with Gasteiger partial charge in [-0.05, 0) is 12.8 Å². The predicted molar refractivity (Wildman–Crippen MR) is 47.0 cm³/mol. The summed E-state index contributed by atoms with van der Waals surface area (Å²) in [5.41, 5.74) is 0. The van der Waals surface area contributed by atoms with Gasteiger partial charge in [-0.3, -0.25) is 5.01 Å². The lowest BCUT2D eigenvalue weighted by Gasteiger charge is -2.22. The summed E-state index contributed by atoms with van der Waals surface area (Å²) in [6, 6.07) is 0. The third kappa shape index (κ3) is 1.67. The van der Waals surface area contributed by atoms with E-state index in [2.05, 4.69) is 18.2 Å². The summed E-state index contributed by atoms with van der Waals surface area (Å²) in [7, 11) is 1.90. The summed E-state index contributed by atoms with van der Waals surface area (Å²) in [6.07, 6.45) is 7.12. The maximum atomic E-state index is 8.71. The van der Waals surface area contributed by atoms with E-state index in [1.165, 1.54) is 0 Å². The van der Waals surface area contributed by atoms with Crippen LogP contribution >= 0.6 is 0 Å². The molecule has 4 heteroatoms. The largest absolute Gasteiger partial charge is 0.275 e. The minimum atomic E-state index is 0.148. The Labute approximate surface area is 73.1 Å². The van der Waals surface area contributed by atoms with Crippen LogP contribution in [0.3, 0.4) is 0 Å². The molecular weight excluding hydrogens is 152 g/mol. The highest BCUT2D eigenvalue weighted by Gasteiger charge is 2.23. The Morgan fingerprint density at radius 2 is 2.42 bits per heavy atom. The molecule has 0 radical (unpaired) electrons. The third-order valence-electron chi connectivity index (χ3n) is 2.04. The van der Waals surface area contributed by atoms with Gasteiger partial charge in [0.05, 0.1) is 0 Å². The molecular formula is C8H14N4. The second kappa shape index (κ2) is 3.96. The van der Waals surface area contributed by atoms with E-state index >= 15 is 0 Å². The van der Waals surface area contributed by atoms with Crippen molar-refractivity contribution < 1.29 is 0 Å². The normalized spacial score (nSPS) is 21.6. The Balaban J connectivity index is 2.46. The van der Waals surface area contributed by atoms with Gasteiger partial charge in [0.25, 0.3) is 0 Å². The van der Waals surface area contributed by atoms with Crippen LogP contribution in [-0.2, 0) is 0 Å². The highest BCUT2D eigenvalue weighted by atomic mass is 15.6. The maximum absolute atomic E-state index is 8.71. The van der Waals surface area contributed by atoms with Gasteiger partial charge >= 0.3 is 0 Å². The predicted octanol–water partition coefficient (Wildman–Crippen LogP) is 1.17. The first-order chi connectivity index (χ1) is 5.79. The van der Waals surface area contributed by atoms with Crippen LogP contribution in [0.1, 0.15) is 26.2 Å². The molecule has 1 aliphatic heterocycles. The lowest BCUT2D eigenvalue weighted by Crippen LogP contribution is -2.34. The monoisotopic (exact) mass is 166 g/mol. The Morgan fingerprint density at radius 3 is 3.00 bits per heavy atom. The Hall–Kier alpha value is -1.24. The minimum absolute atomic E-state index is 0.148. The van der Waals surface area contributed by atoms with Gasteiger partial charge in [-0.2, -0.15) is 10.4 Å². The SMILES string of the molecule is CCCCC1N(C#N)C=NN1C. The quantitative estimate of drug-likeness (QED) is 0.591. The summed E-state index contributed by atoms with van der Waals surface area (Å²) in [4.78, 5) is 1.59. The van der Waals surface area contributed by atoms with Gasteiger partial charge in [0.15, 0.2) is 6.19 Å². The smallest absolute Gasteiger partial charge is 0.187 e. The zero-order chi connectivity index (χ0) is 8.97. The molecule has 0 spiro atoms. The fourth-order valence-electron chi connectivity index (χ4n) is 1.28. The average molecular weight is 166 g/mol. The van der Waals surface area contributed by atoms with Crippen LogP contribution in [0.2, 0.25) is 0 Å². The van der Waals surface area contributed by atoms with Crippen LogP contribution in [0, 0.1) is 11.5 Å². The average Bonchev–Trinajstić information content (AvgIpc) is 2.43. The summed E-state index contributed by atoms with van der Waals surface area (Å²) >= 11 is 0. The van der Waals surface area contributed by atoms with Gasteiger partial charge in [0.2, 0.25) is 0 Å². The Bertz CT molecular complexity index is 206. The second-order valence-corrected chi connectivity index (χ2v) is 2.93. The molecule has 0 amide bonds. The van der Waals surface area contributed by atoms with Crippen LogP contribution in [0.25, 0.3) is 0 Å². The molecule has 0 bridgehead atoms. The van der Waals surface area contributed by atoms with Gasteiger partial charge in [-0.1, -0.05) is 13.3 Å². The van der Waals surface area contributed by atoms with Gasteiger partial charge in [0.1, 0.15) is 12.5 Å². The maximum Gasteiger partial charge on any atom is 0.187 e. The van der Waals surface area contributed by atoms with E-state index in [0.717, 1.165) is 19.3 Å². The van der Waals surface area contributed by atoms with Crippen molar-refractivity contribution in [1.29, 1.82) is 5.26 Å². The van der Waals surface area contributed by atoms with Crippen LogP contribution < -0.4 is 0 Å². The number of hydrazone groups is 1. The molecule has 66 valence electrons. The Morgan fingerprint density at radius 1 is 1.67 bits per heavy atom. The number of unbranched alkanes of at least 4 members (excludes halogenated alkanes) is 1. The van der Waals surface area contributed by atoms with E-state index in [1.807, 2.05) is 12.1 Å². The van der Waals surface area contributed by atoms with Crippen molar-refractivity contribution >= 4 is 6.34 Å². The van der Waals surface area contributed by atoms with E-state index < -0.39 is 0 Å². The minimum Gasteiger partial charge on any atom is -0.275 e. The van der Waals surface area contributed by atoms with Crippen molar-refractivity contribution in [2.75, 3.05) is 7.05 Å². The topological polar surface area (TPSA) is 42.6 Å². The van der Waals surface area contributed by atoms with Crippen molar-refractivity contribution in [3.05, 3.63) is 0 Å². The molecule has 0 aromatic rings. The third-order valence-corrected chi connectivity index (χ3v) is 2.04. The number of hydrogen-bond acceptors (Lipinski definition) is 4. The van der Waals surface area contributed by atoms with Gasteiger partial charge in [-0.25, -0.2) is 4.90 Å². The van der Waals surface area contributed by atoms with Gasteiger partial charge in [-0.15, -0.1) is 0 Å². The molecule has 0 N–H and O–H groups in total. The highest BCUT2D eigenvalue weighted by molar-refractivity contribution is 5.59.